The minimum absolute atomic E-state index is 0.166. The molecule has 1 fully saturated rings. The summed E-state index contributed by atoms with van der Waals surface area (Å²) in [6.07, 6.45) is 4.96. The molecule has 3 nitrogen and oxygen atoms in total. The average Bonchev–Trinajstić information content (AvgIpc) is 2.47. The molecule has 0 radical (unpaired) electrons. The zero-order valence-corrected chi connectivity index (χ0v) is 14.6. The Kier molecular flexibility index (Phi) is 5.82. The lowest BCUT2D eigenvalue weighted by Crippen LogP contribution is -2.38. The Bertz CT molecular complexity index is 496. The average molecular weight is 354 g/mol. The summed E-state index contributed by atoms with van der Waals surface area (Å²) in [6.45, 7) is 2.80. The van der Waals surface area contributed by atoms with E-state index in [-0.39, 0.29) is 5.78 Å². The molecular formula is C17H24BrNO2. The van der Waals surface area contributed by atoms with Crippen LogP contribution in [0.2, 0.25) is 0 Å². The second kappa shape index (κ2) is 7.41. The Labute approximate surface area is 135 Å². The van der Waals surface area contributed by atoms with Crippen molar-refractivity contribution in [2.24, 2.45) is 5.92 Å². The minimum Gasteiger partial charge on any atom is -0.496 e. The molecule has 0 aromatic heterocycles. The van der Waals surface area contributed by atoms with Gasteiger partial charge in [-0.05, 0) is 72.8 Å². The Hall–Kier alpha value is -0.870. The van der Waals surface area contributed by atoms with E-state index in [1.165, 1.54) is 25.7 Å². The van der Waals surface area contributed by atoms with E-state index >= 15 is 0 Å². The van der Waals surface area contributed by atoms with Crippen molar-refractivity contribution in [1.29, 1.82) is 0 Å². The third-order valence-corrected chi connectivity index (χ3v) is 5.10. The molecule has 1 saturated carbocycles. The third-order valence-electron chi connectivity index (χ3n) is 4.48. The van der Waals surface area contributed by atoms with Crippen LogP contribution < -0.4 is 4.74 Å². The van der Waals surface area contributed by atoms with E-state index in [4.69, 9.17) is 4.74 Å². The first kappa shape index (κ1) is 16.5. The van der Waals surface area contributed by atoms with Gasteiger partial charge >= 0.3 is 0 Å². The van der Waals surface area contributed by atoms with Gasteiger partial charge in [-0.2, -0.15) is 0 Å². The molecule has 0 N–H and O–H groups in total. The van der Waals surface area contributed by atoms with Gasteiger partial charge in [-0.15, -0.1) is 0 Å². The van der Waals surface area contributed by atoms with E-state index in [1.54, 1.807) is 7.11 Å². The van der Waals surface area contributed by atoms with Gasteiger partial charge in [0.2, 0.25) is 0 Å². The Morgan fingerprint density at radius 2 is 2.00 bits per heavy atom. The van der Waals surface area contributed by atoms with Crippen LogP contribution in [0.25, 0.3) is 0 Å². The van der Waals surface area contributed by atoms with E-state index in [0.717, 1.165) is 21.7 Å². The highest BCUT2D eigenvalue weighted by atomic mass is 79.9. The molecule has 0 amide bonds. The SMILES string of the molecule is COc1ccc(C(=O)CN(C)C2CCC(C)CC2)cc1Br. The molecule has 1 aromatic carbocycles. The predicted octanol–water partition coefficient (Wildman–Crippen LogP) is 4.15. The molecule has 0 aliphatic heterocycles. The van der Waals surface area contributed by atoms with Crippen LogP contribution in [0, 0.1) is 5.92 Å². The van der Waals surface area contributed by atoms with E-state index in [1.807, 2.05) is 18.2 Å². The largest absolute Gasteiger partial charge is 0.496 e. The van der Waals surface area contributed by atoms with Crippen LogP contribution >= 0.6 is 15.9 Å². The molecule has 1 aliphatic rings. The number of hydrogen-bond acceptors (Lipinski definition) is 3. The molecule has 2 rings (SSSR count). The van der Waals surface area contributed by atoms with Crippen LogP contribution in [0.4, 0.5) is 0 Å². The van der Waals surface area contributed by atoms with Crippen LogP contribution in [0.1, 0.15) is 43.0 Å². The molecule has 21 heavy (non-hydrogen) atoms. The highest BCUT2D eigenvalue weighted by molar-refractivity contribution is 9.10. The summed E-state index contributed by atoms with van der Waals surface area (Å²) in [5.41, 5.74) is 0.735. The second-order valence-corrected chi connectivity index (χ2v) is 6.96. The predicted molar refractivity (Wildman–Crippen MR) is 89.1 cm³/mol. The normalized spacial score (nSPS) is 22.3. The summed E-state index contributed by atoms with van der Waals surface area (Å²) in [5, 5.41) is 0. The van der Waals surface area contributed by atoms with Crippen molar-refractivity contribution in [3.63, 3.8) is 0 Å². The van der Waals surface area contributed by atoms with E-state index in [9.17, 15) is 4.79 Å². The molecule has 1 aliphatic carbocycles. The first-order valence-electron chi connectivity index (χ1n) is 7.58. The number of Topliss-reactive ketones (excluding diaryl/α,β-unsaturated/α-hetero) is 1. The summed E-state index contributed by atoms with van der Waals surface area (Å²) in [7, 11) is 3.69. The van der Waals surface area contributed by atoms with Crippen molar-refractivity contribution in [3.8, 4) is 5.75 Å². The highest BCUT2D eigenvalue weighted by Crippen LogP contribution is 2.28. The molecule has 0 saturated heterocycles. The minimum atomic E-state index is 0.166. The van der Waals surface area contributed by atoms with Gasteiger partial charge in [0.15, 0.2) is 5.78 Å². The summed E-state index contributed by atoms with van der Waals surface area (Å²) in [6, 6.07) is 6.06. The number of nitrogens with zero attached hydrogens (tertiary/aromatic N) is 1. The number of hydrogen-bond donors (Lipinski definition) is 0. The van der Waals surface area contributed by atoms with Crippen LogP contribution in [-0.2, 0) is 0 Å². The second-order valence-electron chi connectivity index (χ2n) is 6.10. The van der Waals surface area contributed by atoms with E-state index in [0.29, 0.717) is 12.6 Å². The summed E-state index contributed by atoms with van der Waals surface area (Å²) >= 11 is 3.43. The topological polar surface area (TPSA) is 29.5 Å². The molecule has 1 aromatic rings. The molecular weight excluding hydrogens is 330 g/mol. The fraction of sp³-hybridized carbons (Fsp3) is 0.588. The van der Waals surface area contributed by atoms with Crippen molar-refractivity contribution in [2.45, 2.75) is 38.6 Å². The molecule has 0 bridgehead atoms. The summed E-state index contributed by atoms with van der Waals surface area (Å²) in [4.78, 5) is 14.6. The van der Waals surface area contributed by atoms with Crippen LogP contribution in [0.5, 0.6) is 5.75 Å². The standard InChI is InChI=1S/C17H24BrNO2/c1-12-4-7-14(8-5-12)19(2)11-16(20)13-6-9-17(21-3)15(18)10-13/h6,9-10,12,14H,4-5,7-8,11H2,1-3H3. The maximum absolute atomic E-state index is 12.4. The van der Waals surface area contributed by atoms with Crippen LogP contribution in [0.15, 0.2) is 22.7 Å². The summed E-state index contributed by atoms with van der Waals surface area (Å²) < 4.78 is 6.02. The maximum atomic E-state index is 12.4. The van der Waals surface area contributed by atoms with Gasteiger partial charge < -0.3 is 4.74 Å². The van der Waals surface area contributed by atoms with Crippen LogP contribution in [-0.4, -0.2) is 37.4 Å². The third kappa shape index (κ3) is 4.30. The van der Waals surface area contributed by atoms with Gasteiger partial charge in [-0.3, -0.25) is 9.69 Å². The lowest BCUT2D eigenvalue weighted by Gasteiger charge is -2.33. The fourth-order valence-electron chi connectivity index (χ4n) is 2.97. The molecule has 0 heterocycles. The van der Waals surface area contributed by atoms with Gasteiger partial charge in [0, 0.05) is 11.6 Å². The lowest BCUT2D eigenvalue weighted by molar-refractivity contribution is 0.0888. The zero-order chi connectivity index (χ0) is 15.4. The van der Waals surface area contributed by atoms with Gasteiger partial charge in [0.1, 0.15) is 5.75 Å². The van der Waals surface area contributed by atoms with E-state index in [2.05, 4.69) is 34.8 Å². The summed E-state index contributed by atoms with van der Waals surface area (Å²) in [5.74, 6) is 1.75. The number of benzene rings is 1. The number of carbonyl (C=O) groups excluding carboxylic acids is 1. The van der Waals surface area contributed by atoms with Crippen molar-refractivity contribution in [3.05, 3.63) is 28.2 Å². The number of ketones is 1. The number of rotatable bonds is 5. The smallest absolute Gasteiger partial charge is 0.176 e. The maximum Gasteiger partial charge on any atom is 0.176 e. The molecule has 0 atom stereocenters. The van der Waals surface area contributed by atoms with Gasteiger partial charge in [-0.1, -0.05) is 6.92 Å². The molecule has 0 spiro atoms. The van der Waals surface area contributed by atoms with Crippen LogP contribution in [0.3, 0.4) is 0 Å². The molecule has 116 valence electrons. The highest BCUT2D eigenvalue weighted by Gasteiger charge is 2.23. The van der Waals surface area contributed by atoms with Crippen molar-refractivity contribution in [2.75, 3.05) is 20.7 Å². The lowest BCUT2D eigenvalue weighted by atomic mass is 9.86. The van der Waals surface area contributed by atoms with Crippen molar-refractivity contribution >= 4 is 21.7 Å². The van der Waals surface area contributed by atoms with Gasteiger partial charge in [-0.25, -0.2) is 0 Å². The number of likely N-dealkylation sites (N-methyl/N-ethyl adjacent to an activating group) is 1. The Morgan fingerprint density at radius 1 is 1.33 bits per heavy atom. The number of methoxy groups -OCH3 is 1. The Balaban J connectivity index is 1.96. The molecule has 4 heteroatoms. The fourth-order valence-corrected chi connectivity index (χ4v) is 3.51. The first-order valence-corrected chi connectivity index (χ1v) is 8.37. The van der Waals surface area contributed by atoms with Gasteiger partial charge in [0.25, 0.3) is 0 Å². The first-order chi connectivity index (χ1) is 10.0. The van der Waals surface area contributed by atoms with E-state index < -0.39 is 0 Å². The van der Waals surface area contributed by atoms with Gasteiger partial charge in [0.05, 0.1) is 18.1 Å². The number of carbonyl (C=O) groups is 1. The van der Waals surface area contributed by atoms with Crippen molar-refractivity contribution in [1.82, 2.24) is 4.90 Å². The molecule has 0 unspecified atom stereocenters. The number of ether oxygens (including phenoxy) is 1. The zero-order valence-electron chi connectivity index (χ0n) is 13.1. The number of halogens is 1. The Morgan fingerprint density at radius 3 is 2.57 bits per heavy atom. The quantitative estimate of drug-likeness (QED) is 0.744. The van der Waals surface area contributed by atoms with Crippen molar-refractivity contribution < 1.29 is 9.53 Å². The monoisotopic (exact) mass is 353 g/mol.